The normalized spacial score (nSPS) is 13.9. The van der Waals surface area contributed by atoms with Crippen LogP contribution in [0.3, 0.4) is 0 Å². The van der Waals surface area contributed by atoms with Crippen LogP contribution in [0, 0.1) is 6.92 Å². The van der Waals surface area contributed by atoms with Gasteiger partial charge in [0, 0.05) is 34.1 Å². The molecule has 0 aliphatic heterocycles. The van der Waals surface area contributed by atoms with Gasteiger partial charge in [0.2, 0.25) is 10.0 Å². The molecule has 1 aliphatic carbocycles. The van der Waals surface area contributed by atoms with Gasteiger partial charge in [0.25, 0.3) is 5.91 Å². The standard InChI is InChI=1S/C21H20ClN3O3S2/c1-13-5-6-14(10-19(13)22)9-17-12-23-21(29-17)24-20(26)15-3-2-4-18(11-15)30(27,28)25-16-7-8-16/h2-6,10-12,16,25H,7-9H2,1H3,(H,23,24,26). The zero-order valence-corrected chi connectivity index (χ0v) is 18.6. The third-order valence-corrected chi connectivity index (χ3v) is 7.53. The summed E-state index contributed by atoms with van der Waals surface area (Å²) in [6.45, 7) is 1.95. The van der Waals surface area contributed by atoms with Crippen molar-refractivity contribution in [3.05, 3.63) is 75.3 Å². The number of carbonyl (C=O) groups is 1. The number of anilines is 1. The van der Waals surface area contributed by atoms with E-state index in [0.29, 0.717) is 11.6 Å². The number of aryl methyl sites for hydroxylation is 1. The van der Waals surface area contributed by atoms with Crippen LogP contribution >= 0.6 is 22.9 Å². The third-order valence-electron chi connectivity index (χ3n) is 4.69. The molecule has 156 valence electrons. The van der Waals surface area contributed by atoms with E-state index in [0.717, 1.165) is 33.9 Å². The fraction of sp³-hybridized carbons (Fsp3) is 0.238. The summed E-state index contributed by atoms with van der Waals surface area (Å²) >= 11 is 7.55. The average molecular weight is 462 g/mol. The lowest BCUT2D eigenvalue weighted by Crippen LogP contribution is -2.26. The maximum atomic E-state index is 12.6. The van der Waals surface area contributed by atoms with Crippen LogP contribution in [0.15, 0.2) is 53.6 Å². The molecule has 1 saturated carbocycles. The van der Waals surface area contributed by atoms with Crippen LogP contribution in [0.2, 0.25) is 5.02 Å². The highest BCUT2D eigenvalue weighted by Gasteiger charge is 2.28. The van der Waals surface area contributed by atoms with Crippen molar-refractivity contribution in [1.82, 2.24) is 9.71 Å². The van der Waals surface area contributed by atoms with Gasteiger partial charge in [-0.1, -0.05) is 29.8 Å². The number of amides is 1. The molecular weight excluding hydrogens is 442 g/mol. The van der Waals surface area contributed by atoms with E-state index in [4.69, 9.17) is 11.6 Å². The molecule has 0 bridgehead atoms. The van der Waals surface area contributed by atoms with Crippen LogP contribution in [0.5, 0.6) is 0 Å². The number of rotatable bonds is 7. The summed E-state index contributed by atoms with van der Waals surface area (Å²) in [6, 6.07) is 11.9. The molecule has 1 aromatic heterocycles. The van der Waals surface area contributed by atoms with Crippen LogP contribution in [0.25, 0.3) is 0 Å². The van der Waals surface area contributed by atoms with Crippen molar-refractivity contribution in [3.63, 3.8) is 0 Å². The SMILES string of the molecule is Cc1ccc(Cc2cnc(NC(=O)c3cccc(S(=O)(=O)NC4CC4)c3)s2)cc1Cl. The molecule has 1 aliphatic rings. The lowest BCUT2D eigenvalue weighted by Gasteiger charge is -2.07. The molecule has 0 spiro atoms. The van der Waals surface area contributed by atoms with Crippen molar-refractivity contribution in [2.75, 3.05) is 5.32 Å². The molecule has 4 rings (SSSR count). The van der Waals surface area contributed by atoms with E-state index in [9.17, 15) is 13.2 Å². The minimum Gasteiger partial charge on any atom is -0.298 e. The molecule has 1 amide bonds. The number of nitrogens with one attached hydrogen (secondary N) is 2. The van der Waals surface area contributed by atoms with E-state index in [1.54, 1.807) is 18.3 Å². The zero-order valence-electron chi connectivity index (χ0n) is 16.2. The number of carbonyl (C=O) groups excluding carboxylic acids is 1. The zero-order chi connectivity index (χ0) is 21.3. The first-order valence-electron chi connectivity index (χ1n) is 9.44. The number of halogens is 1. The number of hydrogen-bond acceptors (Lipinski definition) is 5. The molecule has 3 aromatic rings. The predicted octanol–water partition coefficient (Wildman–Crippen LogP) is 4.39. The first-order valence-corrected chi connectivity index (χ1v) is 12.1. The van der Waals surface area contributed by atoms with Gasteiger partial charge in [0.15, 0.2) is 5.13 Å². The Bertz CT molecular complexity index is 1200. The van der Waals surface area contributed by atoms with E-state index in [2.05, 4.69) is 15.0 Å². The van der Waals surface area contributed by atoms with Crippen molar-refractivity contribution in [2.24, 2.45) is 0 Å². The molecule has 0 saturated heterocycles. The highest BCUT2D eigenvalue weighted by molar-refractivity contribution is 7.89. The second kappa shape index (κ2) is 8.47. The Kier molecular flexibility index (Phi) is 5.92. The molecule has 9 heteroatoms. The van der Waals surface area contributed by atoms with Gasteiger partial charge in [-0.15, -0.1) is 11.3 Å². The number of aromatic nitrogens is 1. The summed E-state index contributed by atoms with van der Waals surface area (Å²) in [4.78, 5) is 17.9. The Morgan fingerprint density at radius 1 is 1.23 bits per heavy atom. The highest BCUT2D eigenvalue weighted by Crippen LogP contribution is 2.25. The summed E-state index contributed by atoms with van der Waals surface area (Å²) in [5.74, 6) is -0.405. The van der Waals surface area contributed by atoms with Crippen LogP contribution in [0.4, 0.5) is 5.13 Å². The molecule has 6 nitrogen and oxygen atoms in total. The number of nitrogens with zero attached hydrogens (tertiary/aromatic N) is 1. The van der Waals surface area contributed by atoms with E-state index in [-0.39, 0.29) is 16.5 Å². The Balaban J connectivity index is 1.44. The fourth-order valence-corrected chi connectivity index (χ4v) is 5.25. The van der Waals surface area contributed by atoms with Crippen molar-refractivity contribution in [1.29, 1.82) is 0 Å². The summed E-state index contributed by atoms with van der Waals surface area (Å²) in [6.07, 6.45) is 4.07. The van der Waals surface area contributed by atoms with Gasteiger partial charge < -0.3 is 0 Å². The minimum absolute atomic E-state index is 0.00429. The Hall–Kier alpha value is -2.26. The van der Waals surface area contributed by atoms with Gasteiger partial charge >= 0.3 is 0 Å². The van der Waals surface area contributed by atoms with E-state index < -0.39 is 15.9 Å². The second-order valence-electron chi connectivity index (χ2n) is 7.27. The summed E-state index contributed by atoms with van der Waals surface area (Å²) in [5, 5.41) is 3.92. The third kappa shape index (κ3) is 5.07. The van der Waals surface area contributed by atoms with Crippen LogP contribution in [-0.2, 0) is 16.4 Å². The van der Waals surface area contributed by atoms with Gasteiger partial charge in [-0.2, -0.15) is 0 Å². The quantitative estimate of drug-likeness (QED) is 0.546. The van der Waals surface area contributed by atoms with E-state index in [1.165, 1.54) is 23.5 Å². The van der Waals surface area contributed by atoms with Crippen LogP contribution < -0.4 is 10.0 Å². The Labute approximate surface area is 184 Å². The highest BCUT2D eigenvalue weighted by atomic mass is 35.5. The molecule has 2 aromatic carbocycles. The van der Waals surface area contributed by atoms with Crippen molar-refractivity contribution < 1.29 is 13.2 Å². The number of benzene rings is 2. The molecule has 0 radical (unpaired) electrons. The molecule has 30 heavy (non-hydrogen) atoms. The van der Waals surface area contributed by atoms with Crippen molar-refractivity contribution in [2.45, 2.75) is 37.1 Å². The molecule has 1 heterocycles. The first kappa shape index (κ1) is 21.0. The van der Waals surface area contributed by atoms with Crippen molar-refractivity contribution in [3.8, 4) is 0 Å². The maximum absolute atomic E-state index is 12.6. The minimum atomic E-state index is -3.62. The summed E-state index contributed by atoms with van der Waals surface area (Å²) < 4.78 is 27.4. The predicted molar refractivity (Wildman–Crippen MR) is 119 cm³/mol. The molecule has 2 N–H and O–H groups in total. The number of hydrogen-bond donors (Lipinski definition) is 2. The van der Waals surface area contributed by atoms with Crippen molar-refractivity contribution >= 4 is 44.0 Å². The maximum Gasteiger partial charge on any atom is 0.257 e. The van der Waals surface area contributed by atoms with Gasteiger partial charge in [-0.25, -0.2) is 18.1 Å². The molecule has 0 unspecified atom stereocenters. The fourth-order valence-electron chi connectivity index (χ4n) is 2.86. The lowest BCUT2D eigenvalue weighted by atomic mass is 10.1. The summed E-state index contributed by atoms with van der Waals surface area (Å²) in [7, 11) is -3.62. The van der Waals surface area contributed by atoms with Gasteiger partial charge in [-0.3, -0.25) is 10.1 Å². The Morgan fingerprint density at radius 3 is 2.77 bits per heavy atom. The largest absolute Gasteiger partial charge is 0.298 e. The van der Waals surface area contributed by atoms with Gasteiger partial charge in [0.1, 0.15) is 0 Å². The lowest BCUT2D eigenvalue weighted by molar-refractivity contribution is 0.102. The molecule has 1 fully saturated rings. The first-order chi connectivity index (χ1) is 14.3. The van der Waals surface area contributed by atoms with Crippen LogP contribution in [0.1, 0.15) is 39.2 Å². The molecular formula is C21H20ClN3O3S2. The smallest absolute Gasteiger partial charge is 0.257 e. The second-order valence-corrected chi connectivity index (χ2v) is 10.5. The van der Waals surface area contributed by atoms with Gasteiger partial charge in [0.05, 0.1) is 4.90 Å². The van der Waals surface area contributed by atoms with E-state index >= 15 is 0 Å². The average Bonchev–Trinajstić information content (AvgIpc) is 3.41. The molecule has 0 atom stereocenters. The topological polar surface area (TPSA) is 88.2 Å². The summed E-state index contributed by atoms with van der Waals surface area (Å²) in [5.41, 5.74) is 2.35. The number of thiazole rings is 1. The van der Waals surface area contributed by atoms with Crippen LogP contribution in [-0.4, -0.2) is 25.4 Å². The number of sulfonamides is 1. The van der Waals surface area contributed by atoms with E-state index in [1.807, 2.05) is 25.1 Å². The van der Waals surface area contributed by atoms with Gasteiger partial charge in [-0.05, 0) is 55.2 Å². The Morgan fingerprint density at radius 2 is 2.03 bits per heavy atom. The monoisotopic (exact) mass is 461 g/mol.